The number of rotatable bonds is 4. The van der Waals surface area contributed by atoms with Gasteiger partial charge in [0.2, 0.25) is 0 Å². The Hall–Kier alpha value is -1.82. The maximum Gasteiger partial charge on any atom is 0.427 e. The normalized spacial score (nSPS) is 14.6. The van der Waals surface area contributed by atoms with Gasteiger partial charge in [-0.3, -0.25) is 0 Å². The largest absolute Gasteiger partial charge is 0.458 e. The van der Waals surface area contributed by atoms with E-state index in [1.807, 2.05) is 0 Å². The Morgan fingerprint density at radius 3 is 2.53 bits per heavy atom. The van der Waals surface area contributed by atoms with Crippen molar-refractivity contribution >= 4 is 12.0 Å². The van der Waals surface area contributed by atoms with Crippen molar-refractivity contribution in [3.63, 3.8) is 0 Å². The highest BCUT2D eigenvalue weighted by atomic mass is 19.4. The summed E-state index contributed by atoms with van der Waals surface area (Å²) < 4.78 is 41.7. The molecule has 0 bridgehead atoms. The number of alkyl halides is 3. The summed E-state index contributed by atoms with van der Waals surface area (Å²) in [5.41, 5.74) is -2.37. The molecule has 0 saturated carbocycles. The Morgan fingerprint density at radius 1 is 1.42 bits per heavy atom. The highest BCUT2D eigenvalue weighted by Crippen LogP contribution is 2.31. The summed E-state index contributed by atoms with van der Waals surface area (Å²) in [5.74, 6) is -1.74. The SMILES string of the molecule is C=Cc1ccccc1COC(=O)C(C)(O)C(F)(F)F. The predicted octanol–water partition coefficient (Wildman–Crippen LogP) is 2.69. The minimum absolute atomic E-state index is 0.356. The van der Waals surface area contributed by atoms with Crippen molar-refractivity contribution in [3.05, 3.63) is 42.0 Å². The topological polar surface area (TPSA) is 46.5 Å². The molecular weight excluding hydrogens is 261 g/mol. The molecule has 1 N–H and O–H groups in total. The molecule has 0 aliphatic heterocycles. The molecule has 0 spiro atoms. The van der Waals surface area contributed by atoms with Gasteiger partial charge in [-0.15, -0.1) is 0 Å². The van der Waals surface area contributed by atoms with Crippen LogP contribution in [0.5, 0.6) is 0 Å². The molecule has 0 saturated heterocycles. The van der Waals surface area contributed by atoms with E-state index in [2.05, 4.69) is 11.3 Å². The minimum atomic E-state index is -5.08. The molecule has 1 atom stereocenters. The molecule has 0 amide bonds. The first-order valence-electron chi connectivity index (χ1n) is 5.37. The summed E-state index contributed by atoms with van der Waals surface area (Å²) in [5, 5.41) is 9.10. The van der Waals surface area contributed by atoms with Crippen LogP contribution in [-0.2, 0) is 16.1 Å². The molecule has 0 aromatic heterocycles. The molecule has 0 fully saturated rings. The zero-order valence-corrected chi connectivity index (χ0v) is 10.2. The molecule has 1 aromatic carbocycles. The fraction of sp³-hybridized carbons (Fsp3) is 0.308. The van der Waals surface area contributed by atoms with Crippen LogP contribution in [-0.4, -0.2) is 22.9 Å². The lowest BCUT2D eigenvalue weighted by Crippen LogP contribution is -2.50. The molecule has 1 rings (SSSR count). The summed E-state index contributed by atoms with van der Waals surface area (Å²) in [6, 6.07) is 6.64. The third-order valence-corrected chi connectivity index (χ3v) is 2.58. The van der Waals surface area contributed by atoms with E-state index in [4.69, 9.17) is 5.11 Å². The van der Waals surface area contributed by atoms with Crippen LogP contribution in [0.3, 0.4) is 0 Å². The van der Waals surface area contributed by atoms with E-state index in [0.29, 0.717) is 18.1 Å². The number of hydrogen-bond donors (Lipinski definition) is 1. The van der Waals surface area contributed by atoms with Crippen molar-refractivity contribution in [2.45, 2.75) is 25.3 Å². The van der Waals surface area contributed by atoms with Gasteiger partial charge in [0, 0.05) is 0 Å². The first-order chi connectivity index (χ1) is 8.70. The van der Waals surface area contributed by atoms with Gasteiger partial charge in [-0.25, -0.2) is 4.79 Å². The number of carbonyl (C=O) groups excluding carboxylic acids is 1. The second-order valence-corrected chi connectivity index (χ2v) is 4.05. The van der Waals surface area contributed by atoms with E-state index >= 15 is 0 Å². The zero-order valence-electron chi connectivity index (χ0n) is 10.2. The monoisotopic (exact) mass is 274 g/mol. The van der Waals surface area contributed by atoms with Crippen molar-refractivity contribution < 1.29 is 27.8 Å². The second-order valence-electron chi connectivity index (χ2n) is 4.05. The highest BCUT2D eigenvalue weighted by molar-refractivity contribution is 5.79. The van der Waals surface area contributed by atoms with Gasteiger partial charge in [-0.05, 0) is 18.1 Å². The lowest BCUT2D eigenvalue weighted by atomic mass is 10.1. The van der Waals surface area contributed by atoms with Crippen LogP contribution < -0.4 is 0 Å². The third kappa shape index (κ3) is 3.35. The molecule has 0 radical (unpaired) electrons. The molecule has 0 aliphatic rings. The van der Waals surface area contributed by atoms with E-state index in [9.17, 15) is 18.0 Å². The van der Waals surface area contributed by atoms with Gasteiger partial charge < -0.3 is 9.84 Å². The van der Waals surface area contributed by atoms with Gasteiger partial charge >= 0.3 is 12.1 Å². The molecule has 19 heavy (non-hydrogen) atoms. The standard InChI is InChI=1S/C13H13F3O3/c1-3-9-6-4-5-7-10(9)8-19-11(17)12(2,18)13(14,15)16/h3-7,18H,1,8H2,2H3. The Kier molecular flexibility index (Phi) is 4.36. The van der Waals surface area contributed by atoms with Crippen LogP contribution in [0.4, 0.5) is 13.2 Å². The Bertz CT molecular complexity index is 478. The number of ether oxygens (including phenoxy) is 1. The third-order valence-electron chi connectivity index (χ3n) is 2.58. The summed E-state index contributed by atoms with van der Waals surface area (Å²) in [7, 11) is 0. The zero-order chi connectivity index (χ0) is 14.7. The van der Waals surface area contributed by atoms with Crippen LogP contribution in [0.1, 0.15) is 18.1 Å². The van der Waals surface area contributed by atoms with Crippen LogP contribution in [0, 0.1) is 0 Å². The maximum atomic E-state index is 12.4. The van der Waals surface area contributed by atoms with Gasteiger partial charge in [0.15, 0.2) is 0 Å². The molecule has 3 nitrogen and oxygen atoms in total. The van der Waals surface area contributed by atoms with Gasteiger partial charge in [-0.1, -0.05) is 36.9 Å². The van der Waals surface area contributed by atoms with Crippen molar-refractivity contribution in [2.75, 3.05) is 0 Å². The summed E-state index contributed by atoms with van der Waals surface area (Å²) in [6.45, 7) is 3.52. The summed E-state index contributed by atoms with van der Waals surface area (Å²) in [6.07, 6.45) is -3.59. The van der Waals surface area contributed by atoms with Crippen molar-refractivity contribution in [1.29, 1.82) is 0 Å². The van der Waals surface area contributed by atoms with Crippen LogP contribution >= 0.6 is 0 Å². The highest BCUT2D eigenvalue weighted by Gasteiger charge is 2.57. The predicted molar refractivity (Wildman–Crippen MR) is 63.0 cm³/mol. The van der Waals surface area contributed by atoms with Gasteiger partial charge in [0.1, 0.15) is 6.61 Å². The molecule has 104 valence electrons. The Morgan fingerprint density at radius 2 is 2.00 bits per heavy atom. The Labute approximate surface area is 108 Å². The van der Waals surface area contributed by atoms with Gasteiger partial charge in [-0.2, -0.15) is 13.2 Å². The first kappa shape index (κ1) is 15.2. The number of benzene rings is 1. The smallest absolute Gasteiger partial charge is 0.427 e. The number of halogens is 3. The van der Waals surface area contributed by atoms with E-state index in [0.717, 1.165) is 0 Å². The lowest BCUT2D eigenvalue weighted by molar-refractivity contribution is -0.257. The second kappa shape index (κ2) is 5.44. The fourth-order valence-corrected chi connectivity index (χ4v) is 1.26. The Balaban J connectivity index is 2.77. The van der Waals surface area contributed by atoms with Crippen LogP contribution in [0.2, 0.25) is 0 Å². The fourth-order valence-electron chi connectivity index (χ4n) is 1.26. The van der Waals surface area contributed by atoms with E-state index in [-0.39, 0.29) is 6.61 Å². The molecule has 0 heterocycles. The van der Waals surface area contributed by atoms with E-state index in [1.54, 1.807) is 24.3 Å². The van der Waals surface area contributed by atoms with Crippen LogP contribution in [0.15, 0.2) is 30.8 Å². The van der Waals surface area contributed by atoms with Crippen molar-refractivity contribution in [3.8, 4) is 0 Å². The molecule has 0 aliphatic carbocycles. The van der Waals surface area contributed by atoms with Crippen LogP contribution in [0.25, 0.3) is 6.08 Å². The van der Waals surface area contributed by atoms with Gasteiger partial charge in [0.25, 0.3) is 5.60 Å². The number of aliphatic hydroxyl groups is 1. The van der Waals surface area contributed by atoms with E-state index in [1.165, 1.54) is 6.08 Å². The van der Waals surface area contributed by atoms with Crippen molar-refractivity contribution in [1.82, 2.24) is 0 Å². The number of esters is 1. The summed E-state index contributed by atoms with van der Waals surface area (Å²) in [4.78, 5) is 11.3. The molecule has 6 heteroatoms. The number of carbonyl (C=O) groups is 1. The lowest BCUT2D eigenvalue weighted by Gasteiger charge is -2.24. The van der Waals surface area contributed by atoms with Crippen molar-refractivity contribution in [2.24, 2.45) is 0 Å². The average Bonchev–Trinajstić information content (AvgIpc) is 2.34. The molecule has 1 unspecified atom stereocenters. The number of hydrogen-bond acceptors (Lipinski definition) is 3. The first-order valence-corrected chi connectivity index (χ1v) is 5.37. The molecular formula is C13H13F3O3. The molecule has 1 aromatic rings. The van der Waals surface area contributed by atoms with Gasteiger partial charge in [0.05, 0.1) is 0 Å². The maximum absolute atomic E-state index is 12.4. The average molecular weight is 274 g/mol. The summed E-state index contributed by atoms with van der Waals surface area (Å²) >= 11 is 0. The minimum Gasteiger partial charge on any atom is -0.458 e. The quantitative estimate of drug-likeness (QED) is 0.859. The van der Waals surface area contributed by atoms with E-state index < -0.39 is 17.7 Å².